The molecule has 0 bridgehead atoms. The Hall–Kier alpha value is -2.30. The molecule has 128 valence electrons. The first kappa shape index (κ1) is 16.6. The molecule has 0 aliphatic heterocycles. The maximum Gasteiger partial charge on any atom is 0.306 e. The number of nitrogens with zero attached hydrogens (tertiary/aromatic N) is 1. The van der Waals surface area contributed by atoms with Gasteiger partial charge in [0, 0.05) is 18.1 Å². The van der Waals surface area contributed by atoms with Gasteiger partial charge in [0.1, 0.15) is 18.1 Å². The van der Waals surface area contributed by atoms with Crippen LogP contribution in [0.3, 0.4) is 0 Å². The van der Waals surface area contributed by atoms with E-state index in [0.717, 1.165) is 24.2 Å². The monoisotopic (exact) mass is 329 g/mol. The molecule has 0 spiro atoms. The number of carbonyl (C=O) groups is 1. The Morgan fingerprint density at radius 1 is 1.21 bits per heavy atom. The molecule has 24 heavy (non-hydrogen) atoms. The number of ether oxygens (including phenoxy) is 2. The van der Waals surface area contributed by atoms with E-state index in [-0.39, 0.29) is 12.6 Å². The summed E-state index contributed by atoms with van der Waals surface area (Å²) in [4.78, 5) is 11.9. The van der Waals surface area contributed by atoms with Gasteiger partial charge in [0.15, 0.2) is 5.76 Å². The number of carbonyl (C=O) groups excluding carboxylic acids is 1. The molecule has 5 heteroatoms. The van der Waals surface area contributed by atoms with Crippen molar-refractivity contribution in [3.05, 3.63) is 36.0 Å². The van der Waals surface area contributed by atoms with Gasteiger partial charge in [-0.05, 0) is 43.0 Å². The van der Waals surface area contributed by atoms with Crippen LogP contribution < -0.4 is 4.74 Å². The molecule has 1 aromatic carbocycles. The Morgan fingerprint density at radius 2 is 1.96 bits per heavy atom. The highest BCUT2D eigenvalue weighted by Crippen LogP contribution is 2.27. The fourth-order valence-electron chi connectivity index (χ4n) is 3.11. The molecule has 1 aliphatic rings. The summed E-state index contributed by atoms with van der Waals surface area (Å²) in [6.45, 7) is 0.158. The van der Waals surface area contributed by atoms with Gasteiger partial charge in [0.05, 0.1) is 7.11 Å². The molecule has 0 amide bonds. The first-order valence-corrected chi connectivity index (χ1v) is 8.50. The first-order valence-electron chi connectivity index (χ1n) is 8.50. The van der Waals surface area contributed by atoms with Crippen LogP contribution in [-0.2, 0) is 16.1 Å². The normalized spacial score (nSPS) is 15.2. The van der Waals surface area contributed by atoms with E-state index in [1.54, 1.807) is 13.2 Å². The third-order valence-electron chi connectivity index (χ3n) is 4.49. The molecule has 1 heterocycles. The predicted octanol–water partition coefficient (Wildman–Crippen LogP) is 4.36. The van der Waals surface area contributed by atoms with Crippen molar-refractivity contribution in [3.63, 3.8) is 0 Å². The highest BCUT2D eigenvalue weighted by Gasteiger charge is 2.18. The van der Waals surface area contributed by atoms with E-state index >= 15 is 0 Å². The van der Waals surface area contributed by atoms with E-state index in [4.69, 9.17) is 14.0 Å². The van der Waals surface area contributed by atoms with Crippen LogP contribution in [0.4, 0.5) is 0 Å². The van der Waals surface area contributed by atoms with Crippen LogP contribution in [0.15, 0.2) is 34.9 Å². The van der Waals surface area contributed by atoms with Crippen molar-refractivity contribution in [1.29, 1.82) is 0 Å². The highest BCUT2D eigenvalue weighted by atomic mass is 16.5. The number of esters is 1. The van der Waals surface area contributed by atoms with Gasteiger partial charge in [-0.25, -0.2) is 0 Å². The highest BCUT2D eigenvalue weighted by molar-refractivity contribution is 5.69. The minimum absolute atomic E-state index is 0.143. The van der Waals surface area contributed by atoms with Crippen molar-refractivity contribution in [3.8, 4) is 17.1 Å². The number of benzene rings is 1. The van der Waals surface area contributed by atoms with E-state index in [0.29, 0.717) is 23.8 Å². The second kappa shape index (κ2) is 7.99. The SMILES string of the molecule is COc1ccc(-c2cc(COC(=O)CC3CCCCC3)no2)cc1. The smallest absolute Gasteiger partial charge is 0.306 e. The molecule has 2 aromatic rings. The largest absolute Gasteiger partial charge is 0.497 e. The molecule has 3 rings (SSSR count). The standard InChI is InChI=1S/C19H23NO4/c1-22-17-9-7-15(8-10-17)18-12-16(20-24-18)13-23-19(21)11-14-5-3-2-4-6-14/h7-10,12,14H,2-6,11,13H2,1H3. The zero-order chi connectivity index (χ0) is 16.8. The summed E-state index contributed by atoms with van der Waals surface area (Å²) in [6, 6.07) is 9.33. The number of hydrogen-bond acceptors (Lipinski definition) is 5. The molecule has 0 saturated heterocycles. The van der Waals surface area contributed by atoms with Gasteiger partial charge in [-0.3, -0.25) is 4.79 Å². The van der Waals surface area contributed by atoms with Crippen LogP contribution in [-0.4, -0.2) is 18.2 Å². The molecule has 1 fully saturated rings. The van der Waals surface area contributed by atoms with Crippen molar-refractivity contribution >= 4 is 5.97 Å². The number of methoxy groups -OCH3 is 1. The van der Waals surface area contributed by atoms with E-state index in [2.05, 4.69) is 5.16 Å². The van der Waals surface area contributed by atoms with Crippen molar-refractivity contribution < 1.29 is 18.8 Å². The summed E-state index contributed by atoms with van der Waals surface area (Å²) in [7, 11) is 1.63. The van der Waals surface area contributed by atoms with Crippen molar-refractivity contribution in [1.82, 2.24) is 5.16 Å². The second-order valence-electron chi connectivity index (χ2n) is 6.28. The summed E-state index contributed by atoms with van der Waals surface area (Å²) in [6.07, 6.45) is 6.54. The molecule has 0 atom stereocenters. The Bertz CT molecular complexity index is 656. The molecule has 0 N–H and O–H groups in total. The number of rotatable bonds is 6. The van der Waals surface area contributed by atoms with Gasteiger partial charge < -0.3 is 14.0 Å². The van der Waals surface area contributed by atoms with Crippen LogP contribution in [0, 0.1) is 5.92 Å². The summed E-state index contributed by atoms with van der Waals surface area (Å²) < 4.78 is 15.8. The fourth-order valence-corrected chi connectivity index (χ4v) is 3.11. The van der Waals surface area contributed by atoms with E-state index in [1.807, 2.05) is 24.3 Å². The lowest BCUT2D eigenvalue weighted by molar-refractivity contribution is -0.146. The van der Waals surface area contributed by atoms with Gasteiger partial charge >= 0.3 is 5.97 Å². The maximum absolute atomic E-state index is 11.9. The molecule has 1 aromatic heterocycles. The lowest BCUT2D eigenvalue weighted by Gasteiger charge is -2.20. The number of hydrogen-bond donors (Lipinski definition) is 0. The molecular weight excluding hydrogens is 306 g/mol. The lowest BCUT2D eigenvalue weighted by atomic mass is 9.87. The third-order valence-corrected chi connectivity index (χ3v) is 4.49. The fraction of sp³-hybridized carbons (Fsp3) is 0.474. The third kappa shape index (κ3) is 4.37. The van der Waals surface area contributed by atoms with E-state index in [1.165, 1.54) is 19.3 Å². The molecule has 0 unspecified atom stereocenters. The summed E-state index contributed by atoms with van der Waals surface area (Å²) in [5.74, 6) is 1.78. The van der Waals surface area contributed by atoms with Crippen molar-refractivity contribution in [2.75, 3.05) is 7.11 Å². The Balaban J connectivity index is 1.50. The predicted molar refractivity (Wildman–Crippen MR) is 89.5 cm³/mol. The van der Waals surface area contributed by atoms with Crippen molar-refractivity contribution in [2.45, 2.75) is 45.1 Å². The zero-order valence-electron chi connectivity index (χ0n) is 14.0. The Labute approximate surface area is 141 Å². The summed E-state index contributed by atoms with van der Waals surface area (Å²) in [5.41, 5.74) is 1.53. The molecule has 1 aliphatic carbocycles. The second-order valence-corrected chi connectivity index (χ2v) is 6.28. The number of aromatic nitrogens is 1. The quantitative estimate of drug-likeness (QED) is 0.737. The van der Waals surface area contributed by atoms with Gasteiger partial charge in [-0.1, -0.05) is 24.4 Å². The Kier molecular flexibility index (Phi) is 5.51. The topological polar surface area (TPSA) is 61.6 Å². The van der Waals surface area contributed by atoms with Crippen molar-refractivity contribution in [2.24, 2.45) is 5.92 Å². The molecular formula is C19H23NO4. The van der Waals surface area contributed by atoms with E-state index in [9.17, 15) is 4.79 Å². The van der Waals surface area contributed by atoms with Crippen LogP contribution in [0.2, 0.25) is 0 Å². The van der Waals surface area contributed by atoms with Gasteiger partial charge in [-0.15, -0.1) is 0 Å². The summed E-state index contributed by atoms with van der Waals surface area (Å²) >= 11 is 0. The van der Waals surface area contributed by atoms with Crippen LogP contribution in [0.25, 0.3) is 11.3 Å². The van der Waals surface area contributed by atoms with E-state index < -0.39 is 0 Å². The molecule has 1 saturated carbocycles. The van der Waals surface area contributed by atoms with Gasteiger partial charge in [0.25, 0.3) is 0 Å². The minimum Gasteiger partial charge on any atom is -0.497 e. The zero-order valence-corrected chi connectivity index (χ0v) is 14.0. The van der Waals surface area contributed by atoms with Gasteiger partial charge in [-0.2, -0.15) is 0 Å². The summed E-state index contributed by atoms with van der Waals surface area (Å²) in [5, 5.41) is 3.97. The van der Waals surface area contributed by atoms with Crippen LogP contribution in [0.1, 0.15) is 44.2 Å². The minimum atomic E-state index is -0.143. The van der Waals surface area contributed by atoms with Gasteiger partial charge in [0.2, 0.25) is 0 Å². The first-order chi connectivity index (χ1) is 11.7. The average Bonchev–Trinajstić information content (AvgIpc) is 3.10. The maximum atomic E-state index is 11.9. The molecule has 5 nitrogen and oxygen atoms in total. The van der Waals surface area contributed by atoms with Crippen LogP contribution in [0.5, 0.6) is 5.75 Å². The Morgan fingerprint density at radius 3 is 2.67 bits per heavy atom. The average molecular weight is 329 g/mol. The molecule has 0 radical (unpaired) electrons. The lowest BCUT2D eigenvalue weighted by Crippen LogP contribution is -2.14. The van der Waals surface area contributed by atoms with Crippen LogP contribution >= 0.6 is 0 Å².